The quantitative estimate of drug-likeness (QED) is 0.0311. The van der Waals surface area contributed by atoms with Crippen LogP contribution in [0.15, 0.2) is 34.1 Å². The third-order valence-corrected chi connectivity index (χ3v) is 16.0. The molecule has 65 heavy (non-hydrogen) atoms. The van der Waals surface area contributed by atoms with Crippen LogP contribution in [-0.4, -0.2) is 48.4 Å². The maximum Gasteiger partial charge on any atom is 0.312 e. The molecule has 2 unspecified atom stereocenters. The fourth-order valence-corrected chi connectivity index (χ4v) is 10.8. The van der Waals surface area contributed by atoms with Crippen LogP contribution in [0.3, 0.4) is 0 Å². The van der Waals surface area contributed by atoms with E-state index in [4.69, 9.17) is 9.47 Å². The highest BCUT2D eigenvalue weighted by Crippen LogP contribution is 2.43. The molecule has 0 radical (unpaired) electrons. The summed E-state index contributed by atoms with van der Waals surface area (Å²) in [6.45, 7) is 20.3. The Kier molecular flexibility index (Phi) is 26.0. The van der Waals surface area contributed by atoms with Crippen LogP contribution in [0.25, 0.3) is 0 Å². The molecule has 10 nitrogen and oxygen atoms in total. The van der Waals surface area contributed by atoms with E-state index in [-0.39, 0.29) is 12.8 Å². The summed E-state index contributed by atoms with van der Waals surface area (Å²) in [6, 6.07) is 7.56. The van der Waals surface area contributed by atoms with Gasteiger partial charge in [0.2, 0.25) is 0 Å². The van der Waals surface area contributed by atoms with E-state index in [1.165, 1.54) is 76.0 Å². The molecule has 2 atom stereocenters. The van der Waals surface area contributed by atoms with Gasteiger partial charge < -0.3 is 9.47 Å². The summed E-state index contributed by atoms with van der Waals surface area (Å²) in [6.07, 6.45) is 21.3. The summed E-state index contributed by atoms with van der Waals surface area (Å²) < 4.78 is 81.3. The average Bonchev–Trinajstić information content (AvgIpc) is 3.18. The minimum Gasteiger partial charge on any atom is -0.426 e. The van der Waals surface area contributed by atoms with Gasteiger partial charge in [0, 0.05) is 20.9 Å². The molecule has 0 heterocycles. The molecule has 0 aliphatic carbocycles. The number of aryl methyl sites for hydroxylation is 2. The Labute approximate surface area is 399 Å². The van der Waals surface area contributed by atoms with Gasteiger partial charge in [-0.1, -0.05) is 196 Å². The van der Waals surface area contributed by atoms with Crippen LogP contribution in [-0.2, 0) is 40.7 Å². The monoisotopic (exact) mass is 967 g/mol. The zero-order valence-corrected chi connectivity index (χ0v) is 44.3. The molecule has 13 heteroatoms. The number of unbranched alkanes of at least 4 members (excludes halogenated alkanes) is 18. The van der Waals surface area contributed by atoms with E-state index < -0.39 is 66.3 Å². The zero-order chi connectivity index (χ0) is 48.8. The van der Waals surface area contributed by atoms with Crippen molar-refractivity contribution in [3.63, 3.8) is 0 Å². The Hall–Kier alpha value is -2.45. The average molecular weight is 967 g/mol. The zero-order valence-electron chi connectivity index (χ0n) is 41.8. The predicted octanol–water partition coefficient (Wildman–Crippen LogP) is 14.8. The lowest BCUT2D eigenvalue weighted by atomic mass is 9.85. The number of rotatable bonds is 32. The number of ether oxygens (including phenoxy) is 2. The first-order chi connectivity index (χ1) is 30.4. The third kappa shape index (κ3) is 22.9. The summed E-state index contributed by atoms with van der Waals surface area (Å²) >= 11 is 1.52. The molecule has 2 aromatic rings. The molecule has 0 aliphatic heterocycles. The van der Waals surface area contributed by atoms with Crippen LogP contribution in [0.1, 0.15) is 232 Å². The largest absolute Gasteiger partial charge is 0.426 e. The highest BCUT2D eigenvalue weighted by atomic mass is 32.2. The van der Waals surface area contributed by atoms with E-state index in [9.17, 15) is 35.5 Å². The van der Waals surface area contributed by atoms with Crippen LogP contribution >= 0.6 is 11.8 Å². The van der Waals surface area contributed by atoms with E-state index in [2.05, 4.69) is 13.8 Å². The fraction of sp³-hybridized carbons (Fsp3) is 0.731. The molecular formula is C52H86O10S3. The lowest BCUT2D eigenvalue weighted by molar-refractivity contribution is -0.135. The first-order valence-corrected chi connectivity index (χ1v) is 28.5. The van der Waals surface area contributed by atoms with Gasteiger partial charge in [-0.2, -0.15) is 16.8 Å². The van der Waals surface area contributed by atoms with Gasteiger partial charge in [-0.05, 0) is 72.9 Å². The molecule has 2 aromatic carbocycles. The van der Waals surface area contributed by atoms with Crippen molar-refractivity contribution in [2.24, 2.45) is 0 Å². The number of carbonyl (C=O) groups is 2. The van der Waals surface area contributed by atoms with Gasteiger partial charge >= 0.3 is 11.9 Å². The van der Waals surface area contributed by atoms with Gasteiger partial charge in [-0.25, -0.2) is 0 Å². The van der Waals surface area contributed by atoms with E-state index in [1.807, 2.05) is 67.5 Å². The smallest absolute Gasteiger partial charge is 0.312 e. The lowest BCUT2D eigenvalue weighted by Crippen LogP contribution is -2.27. The van der Waals surface area contributed by atoms with Gasteiger partial charge in [0.05, 0.1) is 23.3 Å². The molecule has 0 saturated heterocycles. The van der Waals surface area contributed by atoms with Crippen LogP contribution in [0, 0.1) is 13.8 Å². The van der Waals surface area contributed by atoms with Crippen molar-refractivity contribution in [1.82, 2.24) is 0 Å². The van der Waals surface area contributed by atoms with Crippen LogP contribution in [0.4, 0.5) is 0 Å². The molecule has 0 aromatic heterocycles. The van der Waals surface area contributed by atoms with Crippen molar-refractivity contribution < 1.29 is 45.0 Å². The van der Waals surface area contributed by atoms with E-state index in [0.29, 0.717) is 24.3 Å². The Morgan fingerprint density at radius 3 is 1.05 bits per heavy atom. The van der Waals surface area contributed by atoms with Crippen molar-refractivity contribution in [3.05, 3.63) is 46.5 Å². The molecule has 2 rings (SSSR count). The maximum atomic E-state index is 13.4. The summed E-state index contributed by atoms with van der Waals surface area (Å²) in [5, 5.41) is -2.47. The van der Waals surface area contributed by atoms with Crippen molar-refractivity contribution in [2.75, 3.05) is 0 Å². The highest BCUT2D eigenvalue weighted by Gasteiger charge is 2.31. The van der Waals surface area contributed by atoms with E-state index in [0.717, 1.165) is 83.4 Å². The standard InChI is InChI=1S/C52H86O10S3/c1-11-13-15-17-19-21-23-25-27-29-31-41(64(55,56)57)35-49(53)61-45-33-39(3)47(37-43(45)51(5,6)7)63-48-38-44(52(8,9)10)46(34-40(48)4)62-50(54)36-42(65(58,59)60)32-30-28-26-24-22-20-18-16-14-12-2/h33-34,37-38,41-42H,11-32,35-36H2,1-10H3,(H,55,56,57)(H,58,59,60). The van der Waals surface area contributed by atoms with Gasteiger partial charge in [0.1, 0.15) is 11.5 Å². The molecule has 0 fully saturated rings. The summed E-state index contributed by atoms with van der Waals surface area (Å²) in [7, 11) is -8.93. The minimum atomic E-state index is -4.47. The minimum absolute atomic E-state index is 0.184. The highest BCUT2D eigenvalue weighted by molar-refractivity contribution is 7.99. The molecule has 0 bridgehead atoms. The lowest BCUT2D eigenvalue weighted by Gasteiger charge is -2.26. The maximum absolute atomic E-state index is 13.4. The van der Waals surface area contributed by atoms with E-state index >= 15 is 0 Å². The summed E-state index contributed by atoms with van der Waals surface area (Å²) in [5.74, 6) is -0.767. The molecule has 0 amide bonds. The number of esters is 2. The van der Waals surface area contributed by atoms with Crippen LogP contribution < -0.4 is 9.47 Å². The molecule has 372 valence electrons. The number of carbonyl (C=O) groups excluding carboxylic acids is 2. The van der Waals surface area contributed by atoms with Crippen molar-refractivity contribution in [1.29, 1.82) is 0 Å². The Morgan fingerprint density at radius 1 is 0.508 bits per heavy atom. The Morgan fingerprint density at radius 2 is 0.785 bits per heavy atom. The molecule has 2 N–H and O–H groups in total. The molecule has 0 saturated carbocycles. The third-order valence-electron chi connectivity index (χ3n) is 12.2. The van der Waals surface area contributed by atoms with Gasteiger partial charge in [0.15, 0.2) is 0 Å². The van der Waals surface area contributed by atoms with Gasteiger partial charge in [0.25, 0.3) is 20.2 Å². The number of hydrogen-bond donors (Lipinski definition) is 2. The normalized spacial score (nSPS) is 13.5. The second kappa shape index (κ2) is 28.8. The van der Waals surface area contributed by atoms with Crippen LogP contribution in [0.2, 0.25) is 0 Å². The predicted molar refractivity (Wildman–Crippen MR) is 268 cm³/mol. The van der Waals surface area contributed by atoms with Gasteiger partial charge in [-0.15, -0.1) is 0 Å². The van der Waals surface area contributed by atoms with Crippen LogP contribution in [0.5, 0.6) is 11.5 Å². The second-order valence-corrected chi connectivity index (χ2v) is 24.9. The first-order valence-electron chi connectivity index (χ1n) is 24.7. The fourth-order valence-electron chi connectivity index (χ4n) is 8.13. The number of hydrogen-bond acceptors (Lipinski definition) is 9. The summed E-state index contributed by atoms with van der Waals surface area (Å²) in [4.78, 5) is 28.5. The Bertz CT molecular complexity index is 1840. The van der Waals surface area contributed by atoms with Crippen molar-refractivity contribution in [3.8, 4) is 11.5 Å². The molecule has 0 spiro atoms. The van der Waals surface area contributed by atoms with Gasteiger partial charge in [-0.3, -0.25) is 18.7 Å². The second-order valence-electron chi connectivity index (χ2n) is 20.4. The first kappa shape index (κ1) is 58.7. The molecular weight excluding hydrogens is 881 g/mol. The summed E-state index contributed by atoms with van der Waals surface area (Å²) in [5.41, 5.74) is 2.23. The Balaban J connectivity index is 2.19. The topological polar surface area (TPSA) is 161 Å². The van der Waals surface area contributed by atoms with Crippen molar-refractivity contribution in [2.45, 2.75) is 254 Å². The number of benzene rings is 2. The molecule has 0 aliphatic rings. The van der Waals surface area contributed by atoms with Crippen molar-refractivity contribution >= 4 is 43.9 Å². The van der Waals surface area contributed by atoms with E-state index in [1.54, 1.807) is 12.1 Å². The SMILES string of the molecule is CCCCCCCCCCCCC(CC(=O)Oc1cc(C)c(Sc2cc(C(C)(C)C)c(OC(=O)CC(CCCCCCCCCCCC)S(=O)(=O)O)cc2C)cc1C(C)(C)C)S(=O)(=O)O.